The van der Waals surface area contributed by atoms with Crippen molar-refractivity contribution in [2.75, 3.05) is 10.3 Å². The smallest absolute Gasteiger partial charge is 0.269 e. The minimum atomic E-state index is -0.865. The fraction of sp³-hybridized carbons (Fsp3) is 0.467. The van der Waals surface area contributed by atoms with Gasteiger partial charge in [0, 0.05) is 17.8 Å². The van der Waals surface area contributed by atoms with Crippen LogP contribution in [0.1, 0.15) is 64.7 Å². The first kappa shape index (κ1) is 28.4. The van der Waals surface area contributed by atoms with Crippen LogP contribution in [0.25, 0.3) is 0 Å². The number of hydrogen-bond acceptors (Lipinski definition) is 7. The van der Waals surface area contributed by atoms with Crippen molar-refractivity contribution in [3.8, 4) is 0 Å². The number of amides is 2. The van der Waals surface area contributed by atoms with Gasteiger partial charge in [0.1, 0.15) is 6.04 Å². The van der Waals surface area contributed by atoms with Crippen LogP contribution in [0.15, 0.2) is 66.7 Å². The molecule has 0 bridgehead atoms. The first-order valence-corrected chi connectivity index (χ1v) is 14.0. The first-order valence-electron chi connectivity index (χ1n) is 14.0. The number of carbonyl (C=O) groups excluding carboxylic acids is 2. The Hall–Kier alpha value is -3.56. The van der Waals surface area contributed by atoms with Gasteiger partial charge in [0.2, 0.25) is 5.91 Å². The van der Waals surface area contributed by atoms with Crippen LogP contribution in [0.5, 0.6) is 0 Å². The second kappa shape index (κ2) is 13.5. The van der Waals surface area contributed by atoms with E-state index in [-0.39, 0.29) is 17.5 Å². The number of unbranched alkanes of at least 4 members (excludes halogenated alkanes) is 7. The zero-order valence-electron chi connectivity index (χ0n) is 22.4. The second-order valence-electron chi connectivity index (χ2n) is 10.3. The van der Waals surface area contributed by atoms with E-state index in [1.54, 1.807) is 53.6 Å². The van der Waals surface area contributed by atoms with Crippen LogP contribution in [0.2, 0.25) is 0 Å². The third-order valence-electron chi connectivity index (χ3n) is 7.55. The van der Waals surface area contributed by atoms with Gasteiger partial charge in [0.25, 0.3) is 11.6 Å². The highest BCUT2D eigenvalue weighted by Crippen LogP contribution is 2.36. The predicted molar refractivity (Wildman–Crippen MR) is 151 cm³/mol. The normalized spacial score (nSPS) is 21.7. The number of imide groups is 1. The van der Waals surface area contributed by atoms with Crippen LogP contribution in [0.3, 0.4) is 0 Å². The van der Waals surface area contributed by atoms with Gasteiger partial charge in [0.15, 0.2) is 0 Å². The molecule has 0 aromatic heterocycles. The number of nitrogens with zero attached hydrogens (tertiary/aromatic N) is 3. The molecule has 1 saturated heterocycles. The van der Waals surface area contributed by atoms with Crippen LogP contribution in [0, 0.1) is 16.0 Å². The number of carbonyl (C=O) groups is 2. The van der Waals surface area contributed by atoms with Crippen LogP contribution < -0.4 is 10.3 Å². The van der Waals surface area contributed by atoms with Gasteiger partial charge >= 0.3 is 0 Å². The SMILES string of the molecule is CCCCCCCCCC[C@@H](O)[C@H]1C=C[C@@H]2C(=O)N(c3ccccc3)C(=O)[C@@H]2N1Nc1ccc([N+](=O)[O-])cc1. The molecule has 208 valence electrons. The fourth-order valence-corrected chi connectivity index (χ4v) is 5.42. The van der Waals surface area contributed by atoms with Crippen LogP contribution in [-0.4, -0.2) is 45.0 Å². The largest absolute Gasteiger partial charge is 0.391 e. The second-order valence-corrected chi connectivity index (χ2v) is 10.3. The molecule has 2 aromatic rings. The lowest BCUT2D eigenvalue weighted by Crippen LogP contribution is -2.57. The molecule has 4 atom stereocenters. The molecular formula is C30H38N4O5. The highest BCUT2D eigenvalue weighted by Gasteiger charge is 2.54. The standard InChI is InChI=1S/C30H38N4O5/c1-2-3-4-5-6-7-8-12-15-27(35)26-21-20-25-28(30(37)32(29(25)36)23-13-10-9-11-14-23)33(26)31-22-16-18-24(19-17-22)34(38)39/h9-11,13-14,16-21,25-28,31,35H,2-8,12,15H2,1H3/t25-,26+,27+,28+/m0/s1. The summed E-state index contributed by atoms with van der Waals surface area (Å²) >= 11 is 0. The maximum atomic E-state index is 13.7. The summed E-state index contributed by atoms with van der Waals surface area (Å²) in [6, 6.07) is 13.3. The quantitative estimate of drug-likeness (QED) is 0.106. The Balaban J connectivity index is 1.50. The van der Waals surface area contributed by atoms with Crippen molar-refractivity contribution in [3.05, 3.63) is 76.9 Å². The molecule has 4 rings (SSSR count). The number of hydrazine groups is 1. The lowest BCUT2D eigenvalue weighted by molar-refractivity contribution is -0.384. The zero-order valence-corrected chi connectivity index (χ0v) is 22.4. The summed E-state index contributed by atoms with van der Waals surface area (Å²) in [7, 11) is 0. The van der Waals surface area contributed by atoms with E-state index < -0.39 is 29.0 Å². The van der Waals surface area contributed by atoms with Crippen molar-refractivity contribution in [1.82, 2.24) is 5.01 Å². The Morgan fingerprint density at radius 1 is 0.897 bits per heavy atom. The molecule has 2 aliphatic rings. The first-order chi connectivity index (χ1) is 18.9. The van der Waals surface area contributed by atoms with Crippen molar-refractivity contribution < 1.29 is 19.6 Å². The lowest BCUT2D eigenvalue weighted by Gasteiger charge is -2.40. The number of nitro benzene ring substituents is 1. The number of para-hydroxylation sites is 1. The van der Waals surface area contributed by atoms with E-state index in [0.717, 1.165) is 19.3 Å². The van der Waals surface area contributed by atoms with Crippen LogP contribution >= 0.6 is 0 Å². The maximum Gasteiger partial charge on any atom is 0.269 e. The van der Waals surface area contributed by atoms with E-state index in [0.29, 0.717) is 17.8 Å². The molecule has 2 N–H and O–H groups in total. The minimum Gasteiger partial charge on any atom is -0.391 e. The molecule has 0 saturated carbocycles. The van der Waals surface area contributed by atoms with Crippen molar-refractivity contribution in [2.45, 2.75) is 82.9 Å². The van der Waals surface area contributed by atoms with Gasteiger partial charge in [-0.25, -0.2) is 9.91 Å². The molecule has 2 aromatic carbocycles. The van der Waals surface area contributed by atoms with Gasteiger partial charge in [-0.3, -0.25) is 19.7 Å². The molecule has 39 heavy (non-hydrogen) atoms. The Bertz CT molecular complexity index is 1150. The molecule has 0 radical (unpaired) electrons. The number of benzene rings is 2. The van der Waals surface area contributed by atoms with Gasteiger partial charge in [-0.05, 0) is 30.7 Å². The molecule has 1 fully saturated rings. The molecule has 2 aliphatic heterocycles. The third kappa shape index (κ3) is 6.72. The number of rotatable bonds is 14. The van der Waals surface area contributed by atoms with E-state index in [9.17, 15) is 24.8 Å². The van der Waals surface area contributed by atoms with Crippen molar-refractivity contribution >= 4 is 28.9 Å². The Morgan fingerprint density at radius 3 is 2.18 bits per heavy atom. The summed E-state index contributed by atoms with van der Waals surface area (Å²) in [5.74, 6) is -1.41. The van der Waals surface area contributed by atoms with Gasteiger partial charge in [0.05, 0.1) is 28.7 Å². The number of aliphatic hydroxyl groups excluding tert-OH is 1. The molecular weight excluding hydrogens is 496 g/mol. The highest BCUT2D eigenvalue weighted by atomic mass is 16.6. The number of fused-ring (bicyclic) bond motifs is 1. The summed E-state index contributed by atoms with van der Waals surface area (Å²) in [6.07, 6.45) is 12.6. The number of hydrogen-bond donors (Lipinski definition) is 2. The topological polar surface area (TPSA) is 116 Å². The van der Waals surface area contributed by atoms with E-state index >= 15 is 0 Å². The number of anilines is 2. The number of non-ortho nitro benzene ring substituents is 1. The molecule has 2 amide bonds. The Morgan fingerprint density at radius 2 is 1.54 bits per heavy atom. The van der Waals surface area contributed by atoms with E-state index in [2.05, 4.69) is 12.3 Å². The summed E-state index contributed by atoms with van der Waals surface area (Å²) in [6.45, 7) is 2.21. The molecule has 2 heterocycles. The molecule has 0 spiro atoms. The van der Waals surface area contributed by atoms with Crippen LogP contribution in [0.4, 0.5) is 17.1 Å². The number of nitrogens with one attached hydrogen (secondary N) is 1. The van der Waals surface area contributed by atoms with Crippen molar-refractivity contribution in [2.24, 2.45) is 5.92 Å². The summed E-state index contributed by atoms with van der Waals surface area (Å²) in [5.41, 5.74) is 4.18. The van der Waals surface area contributed by atoms with Gasteiger partial charge < -0.3 is 10.5 Å². The highest BCUT2D eigenvalue weighted by molar-refractivity contribution is 6.24. The van der Waals surface area contributed by atoms with Gasteiger partial charge in [-0.1, -0.05) is 88.6 Å². The maximum absolute atomic E-state index is 13.7. The van der Waals surface area contributed by atoms with E-state index in [1.165, 1.54) is 49.1 Å². The van der Waals surface area contributed by atoms with Gasteiger partial charge in [-0.15, -0.1) is 0 Å². The monoisotopic (exact) mass is 534 g/mol. The lowest BCUT2D eigenvalue weighted by atomic mass is 9.91. The van der Waals surface area contributed by atoms with Crippen molar-refractivity contribution in [1.29, 1.82) is 0 Å². The Labute approximate surface area is 229 Å². The van der Waals surface area contributed by atoms with E-state index in [1.807, 2.05) is 6.07 Å². The number of nitro groups is 1. The molecule has 0 aliphatic carbocycles. The van der Waals surface area contributed by atoms with Crippen LogP contribution in [-0.2, 0) is 9.59 Å². The zero-order chi connectivity index (χ0) is 27.8. The molecule has 0 unspecified atom stereocenters. The molecule has 9 nitrogen and oxygen atoms in total. The average Bonchev–Trinajstić information content (AvgIpc) is 3.20. The summed E-state index contributed by atoms with van der Waals surface area (Å²) in [4.78, 5) is 38.9. The van der Waals surface area contributed by atoms with Gasteiger partial charge in [-0.2, -0.15) is 0 Å². The average molecular weight is 535 g/mol. The third-order valence-corrected chi connectivity index (χ3v) is 7.55. The Kier molecular flexibility index (Phi) is 9.84. The fourth-order valence-electron chi connectivity index (χ4n) is 5.42. The molecule has 9 heteroatoms. The summed E-state index contributed by atoms with van der Waals surface area (Å²) in [5, 5.41) is 24.0. The summed E-state index contributed by atoms with van der Waals surface area (Å²) < 4.78 is 0. The van der Waals surface area contributed by atoms with Crippen molar-refractivity contribution in [3.63, 3.8) is 0 Å². The number of aliphatic hydroxyl groups is 1. The van der Waals surface area contributed by atoms with E-state index in [4.69, 9.17) is 0 Å². The minimum absolute atomic E-state index is 0.0504. The predicted octanol–water partition coefficient (Wildman–Crippen LogP) is 5.61.